The van der Waals surface area contributed by atoms with Crippen LogP contribution in [0.5, 0.6) is 11.5 Å². The molecule has 1 saturated heterocycles. The Morgan fingerprint density at radius 3 is 2.82 bits per heavy atom. The molecule has 2 heterocycles. The van der Waals surface area contributed by atoms with Crippen LogP contribution in [-0.4, -0.2) is 41.3 Å². The number of carbonyl (C=O) groups excluding carboxylic acids is 1. The van der Waals surface area contributed by atoms with Gasteiger partial charge in [-0.05, 0) is 31.9 Å². The van der Waals surface area contributed by atoms with E-state index in [-0.39, 0.29) is 25.3 Å². The molecule has 0 bridgehead atoms. The van der Waals surface area contributed by atoms with Gasteiger partial charge in [0.25, 0.3) is 5.91 Å². The quantitative estimate of drug-likeness (QED) is 0.903. The molecule has 6 nitrogen and oxygen atoms in total. The molecule has 3 rings (SSSR count). The van der Waals surface area contributed by atoms with Crippen LogP contribution in [0.4, 0.5) is 0 Å². The number of halogens is 1. The van der Waals surface area contributed by atoms with E-state index in [0.29, 0.717) is 34.9 Å². The van der Waals surface area contributed by atoms with Crippen LogP contribution in [0.3, 0.4) is 0 Å². The van der Waals surface area contributed by atoms with Gasteiger partial charge in [-0.15, -0.1) is 0 Å². The van der Waals surface area contributed by atoms with Gasteiger partial charge < -0.3 is 19.5 Å². The number of rotatable bonds is 2. The van der Waals surface area contributed by atoms with Gasteiger partial charge in [-0.2, -0.15) is 0 Å². The van der Waals surface area contributed by atoms with Crippen molar-refractivity contribution in [1.29, 1.82) is 0 Å². The van der Waals surface area contributed by atoms with Crippen LogP contribution in [0.2, 0.25) is 5.02 Å². The summed E-state index contributed by atoms with van der Waals surface area (Å²) in [6, 6.07) is 3.12. The first-order valence-corrected chi connectivity index (χ1v) is 7.48. The largest absolute Gasteiger partial charge is 0.481 e. The van der Waals surface area contributed by atoms with Gasteiger partial charge >= 0.3 is 5.97 Å². The second-order valence-corrected chi connectivity index (χ2v) is 6.02. The molecule has 7 heteroatoms. The SMILES string of the molecule is CC1CCC(C(=O)O)CN1C(=O)c1cc(Cl)c2c(c1)OCO2. The predicted molar refractivity (Wildman–Crippen MR) is 78.4 cm³/mol. The lowest BCUT2D eigenvalue weighted by atomic mass is 9.93. The zero-order chi connectivity index (χ0) is 15.9. The molecule has 2 unspecified atom stereocenters. The highest BCUT2D eigenvalue weighted by Gasteiger charge is 2.33. The Kier molecular flexibility index (Phi) is 3.87. The van der Waals surface area contributed by atoms with Crippen LogP contribution in [0, 0.1) is 5.92 Å². The standard InChI is InChI=1S/C15H16ClNO5/c1-8-2-3-9(15(19)20)6-17(8)14(18)10-4-11(16)13-12(5-10)21-7-22-13/h4-5,8-9H,2-3,6-7H2,1H3,(H,19,20). The Morgan fingerprint density at radius 2 is 2.09 bits per heavy atom. The van der Waals surface area contributed by atoms with Crippen LogP contribution in [-0.2, 0) is 4.79 Å². The van der Waals surface area contributed by atoms with Gasteiger partial charge in [0.2, 0.25) is 6.79 Å². The van der Waals surface area contributed by atoms with Gasteiger partial charge in [-0.1, -0.05) is 11.6 Å². The molecule has 1 amide bonds. The zero-order valence-corrected chi connectivity index (χ0v) is 12.8. The molecule has 0 radical (unpaired) electrons. The van der Waals surface area contributed by atoms with Gasteiger partial charge in [0.15, 0.2) is 11.5 Å². The molecular weight excluding hydrogens is 310 g/mol. The summed E-state index contributed by atoms with van der Waals surface area (Å²) in [4.78, 5) is 25.5. The van der Waals surface area contributed by atoms with Crippen molar-refractivity contribution in [1.82, 2.24) is 4.90 Å². The van der Waals surface area contributed by atoms with Crippen molar-refractivity contribution in [2.45, 2.75) is 25.8 Å². The molecule has 0 saturated carbocycles. The van der Waals surface area contributed by atoms with Crippen molar-refractivity contribution in [2.24, 2.45) is 5.92 Å². The van der Waals surface area contributed by atoms with Gasteiger partial charge in [0.1, 0.15) is 0 Å². The minimum Gasteiger partial charge on any atom is -0.481 e. The average Bonchev–Trinajstić information content (AvgIpc) is 2.95. The number of hydrogen-bond acceptors (Lipinski definition) is 4. The van der Waals surface area contributed by atoms with Crippen LogP contribution in [0.15, 0.2) is 12.1 Å². The second kappa shape index (κ2) is 5.68. The summed E-state index contributed by atoms with van der Waals surface area (Å²) in [6.07, 6.45) is 1.25. The third-order valence-corrected chi connectivity index (χ3v) is 4.45. The summed E-state index contributed by atoms with van der Waals surface area (Å²) in [5.41, 5.74) is 0.382. The van der Waals surface area contributed by atoms with Gasteiger partial charge in [-0.3, -0.25) is 9.59 Å². The Bertz CT molecular complexity index is 633. The molecule has 2 aliphatic heterocycles. The molecule has 2 aliphatic rings. The summed E-state index contributed by atoms with van der Waals surface area (Å²) < 4.78 is 10.5. The average molecular weight is 326 g/mol. The highest BCUT2D eigenvalue weighted by atomic mass is 35.5. The molecular formula is C15H16ClNO5. The van der Waals surface area contributed by atoms with E-state index in [4.69, 9.17) is 26.2 Å². The topological polar surface area (TPSA) is 76.1 Å². The van der Waals surface area contributed by atoms with E-state index in [1.54, 1.807) is 11.0 Å². The van der Waals surface area contributed by atoms with E-state index >= 15 is 0 Å². The van der Waals surface area contributed by atoms with E-state index in [2.05, 4.69) is 0 Å². The monoisotopic (exact) mass is 325 g/mol. The highest BCUT2D eigenvalue weighted by Crippen LogP contribution is 2.40. The number of ether oxygens (including phenoxy) is 2. The van der Waals surface area contributed by atoms with Crippen LogP contribution >= 0.6 is 11.6 Å². The first kappa shape index (κ1) is 15.0. The lowest BCUT2D eigenvalue weighted by Gasteiger charge is -2.36. The summed E-state index contributed by atoms with van der Waals surface area (Å²) in [7, 11) is 0. The fraction of sp³-hybridized carbons (Fsp3) is 0.467. The van der Waals surface area contributed by atoms with Crippen LogP contribution in [0.25, 0.3) is 0 Å². The van der Waals surface area contributed by atoms with E-state index in [1.165, 1.54) is 6.07 Å². The summed E-state index contributed by atoms with van der Waals surface area (Å²) in [5, 5.41) is 9.49. The number of piperidine rings is 1. The third-order valence-electron chi connectivity index (χ3n) is 4.17. The summed E-state index contributed by atoms with van der Waals surface area (Å²) >= 11 is 6.10. The molecule has 1 aromatic carbocycles. The minimum atomic E-state index is -0.867. The number of aliphatic carboxylic acids is 1. The summed E-state index contributed by atoms with van der Waals surface area (Å²) in [5.74, 6) is -0.750. The van der Waals surface area contributed by atoms with Gasteiger partial charge in [0, 0.05) is 18.2 Å². The van der Waals surface area contributed by atoms with Crippen molar-refractivity contribution in [3.63, 3.8) is 0 Å². The lowest BCUT2D eigenvalue weighted by molar-refractivity contribution is -0.143. The molecule has 0 spiro atoms. The van der Waals surface area contributed by atoms with Gasteiger partial charge in [0.05, 0.1) is 10.9 Å². The molecule has 0 aromatic heterocycles. The maximum absolute atomic E-state index is 12.7. The molecule has 1 aromatic rings. The molecule has 1 N–H and O–H groups in total. The first-order valence-electron chi connectivity index (χ1n) is 7.10. The number of amides is 1. The van der Waals surface area contributed by atoms with Crippen molar-refractivity contribution in [3.8, 4) is 11.5 Å². The number of nitrogens with zero attached hydrogens (tertiary/aromatic N) is 1. The van der Waals surface area contributed by atoms with E-state index in [1.807, 2.05) is 6.92 Å². The van der Waals surface area contributed by atoms with Gasteiger partial charge in [-0.25, -0.2) is 0 Å². The number of likely N-dealkylation sites (tertiary alicyclic amines) is 1. The molecule has 118 valence electrons. The number of carboxylic acid groups (broad SMARTS) is 1. The predicted octanol–water partition coefficient (Wildman–Crippen LogP) is 2.39. The Morgan fingerprint density at radius 1 is 1.32 bits per heavy atom. The van der Waals surface area contributed by atoms with E-state index in [0.717, 1.165) is 0 Å². The Hall–Kier alpha value is -1.95. The maximum Gasteiger partial charge on any atom is 0.308 e. The van der Waals surface area contributed by atoms with Crippen molar-refractivity contribution in [2.75, 3.05) is 13.3 Å². The Balaban J connectivity index is 1.86. The molecule has 0 aliphatic carbocycles. The smallest absolute Gasteiger partial charge is 0.308 e. The number of carbonyl (C=O) groups is 2. The van der Waals surface area contributed by atoms with E-state index in [9.17, 15) is 9.59 Å². The molecule has 22 heavy (non-hydrogen) atoms. The third kappa shape index (κ3) is 2.59. The first-order chi connectivity index (χ1) is 10.5. The Labute approximate surface area is 132 Å². The van der Waals surface area contributed by atoms with Crippen LogP contribution in [0.1, 0.15) is 30.1 Å². The highest BCUT2D eigenvalue weighted by molar-refractivity contribution is 6.32. The van der Waals surface area contributed by atoms with Crippen molar-refractivity contribution < 1.29 is 24.2 Å². The number of carboxylic acids is 1. The normalized spacial score (nSPS) is 23.5. The summed E-state index contributed by atoms with van der Waals surface area (Å²) in [6.45, 7) is 2.21. The van der Waals surface area contributed by atoms with Crippen LogP contribution < -0.4 is 9.47 Å². The van der Waals surface area contributed by atoms with Crippen molar-refractivity contribution >= 4 is 23.5 Å². The maximum atomic E-state index is 12.7. The fourth-order valence-electron chi connectivity index (χ4n) is 2.85. The number of benzene rings is 1. The zero-order valence-electron chi connectivity index (χ0n) is 12.0. The second-order valence-electron chi connectivity index (χ2n) is 5.61. The lowest BCUT2D eigenvalue weighted by Crippen LogP contribution is -2.47. The van der Waals surface area contributed by atoms with E-state index < -0.39 is 11.9 Å². The molecule has 1 fully saturated rings. The molecule has 2 atom stereocenters. The number of hydrogen-bond donors (Lipinski definition) is 1. The fourth-order valence-corrected chi connectivity index (χ4v) is 3.11. The minimum absolute atomic E-state index is 0.00713. The van der Waals surface area contributed by atoms with Crippen molar-refractivity contribution in [3.05, 3.63) is 22.7 Å². The number of fused-ring (bicyclic) bond motifs is 1.